The van der Waals surface area contributed by atoms with Crippen LogP contribution in [-0.2, 0) is 0 Å². The molecule has 0 unspecified atom stereocenters. The van der Waals surface area contributed by atoms with Crippen LogP contribution in [0.1, 0.15) is 0 Å². The lowest BCUT2D eigenvalue weighted by atomic mass is 10.2. The van der Waals surface area contributed by atoms with Crippen molar-refractivity contribution < 1.29 is 4.39 Å². The molecule has 14 heavy (non-hydrogen) atoms. The summed E-state index contributed by atoms with van der Waals surface area (Å²) < 4.78 is 12.9. The van der Waals surface area contributed by atoms with Crippen molar-refractivity contribution in [2.24, 2.45) is 0 Å². The van der Waals surface area contributed by atoms with Crippen LogP contribution in [0.3, 0.4) is 0 Å². The Labute approximate surface area is 78.6 Å². The van der Waals surface area contributed by atoms with E-state index in [-0.39, 0.29) is 0 Å². The fraction of sp³-hybridized carbons (Fsp3) is 0. The van der Waals surface area contributed by atoms with E-state index in [1.54, 1.807) is 12.3 Å². The van der Waals surface area contributed by atoms with Gasteiger partial charge in [0.2, 0.25) is 0 Å². The van der Waals surface area contributed by atoms with E-state index in [0.717, 1.165) is 10.9 Å². The van der Waals surface area contributed by atoms with Gasteiger partial charge in [0.15, 0.2) is 0 Å². The summed E-state index contributed by atoms with van der Waals surface area (Å²) in [6.07, 6.45) is 1.15. The van der Waals surface area contributed by atoms with Crippen LogP contribution in [0.5, 0.6) is 0 Å². The molecule has 2 heterocycles. The van der Waals surface area contributed by atoms with Crippen molar-refractivity contribution in [1.29, 1.82) is 0 Å². The van der Waals surface area contributed by atoms with Crippen molar-refractivity contribution >= 4 is 21.9 Å². The largest absolute Gasteiger partial charge is 0.314 e. The molecular formula is C10H6FN3. The first-order valence-corrected chi connectivity index (χ1v) is 4.23. The van der Waals surface area contributed by atoms with Gasteiger partial charge in [-0.15, -0.1) is 0 Å². The van der Waals surface area contributed by atoms with Gasteiger partial charge in [0.25, 0.3) is 6.08 Å². The molecule has 0 aliphatic carbocycles. The van der Waals surface area contributed by atoms with Gasteiger partial charge in [-0.25, -0.2) is 4.98 Å². The Morgan fingerprint density at radius 3 is 3.07 bits per heavy atom. The monoisotopic (exact) mass is 187 g/mol. The number of fused-ring (bicyclic) bond motifs is 3. The first-order chi connectivity index (χ1) is 6.84. The Bertz CT molecular complexity index is 615. The first kappa shape index (κ1) is 7.44. The highest BCUT2D eigenvalue weighted by Crippen LogP contribution is 2.21. The van der Waals surface area contributed by atoms with E-state index in [1.165, 1.54) is 0 Å². The molecule has 0 aliphatic rings. The predicted molar refractivity (Wildman–Crippen MR) is 51.4 cm³/mol. The lowest BCUT2D eigenvalue weighted by molar-refractivity contribution is 0.556. The van der Waals surface area contributed by atoms with Crippen molar-refractivity contribution in [3.05, 3.63) is 36.5 Å². The van der Waals surface area contributed by atoms with Gasteiger partial charge in [0.1, 0.15) is 5.52 Å². The van der Waals surface area contributed by atoms with Gasteiger partial charge in [-0.05, 0) is 24.3 Å². The Hall–Kier alpha value is -1.97. The summed E-state index contributed by atoms with van der Waals surface area (Å²) in [6.45, 7) is 0. The summed E-state index contributed by atoms with van der Waals surface area (Å²) in [4.78, 5) is 10.5. The first-order valence-electron chi connectivity index (χ1n) is 4.23. The summed E-state index contributed by atoms with van der Waals surface area (Å²) in [6, 6.07) is 7.31. The third-order valence-corrected chi connectivity index (χ3v) is 2.20. The van der Waals surface area contributed by atoms with Gasteiger partial charge < -0.3 is 4.98 Å². The number of H-pyrrole nitrogens is 1. The van der Waals surface area contributed by atoms with Crippen molar-refractivity contribution in [2.45, 2.75) is 0 Å². The topological polar surface area (TPSA) is 41.6 Å². The number of halogens is 1. The molecule has 3 nitrogen and oxygen atoms in total. The van der Waals surface area contributed by atoms with Crippen LogP contribution in [0.15, 0.2) is 30.5 Å². The molecule has 1 N–H and O–H groups in total. The minimum atomic E-state index is -0.559. The molecule has 0 fully saturated rings. The molecule has 3 rings (SSSR count). The number of aromatic nitrogens is 3. The highest BCUT2D eigenvalue weighted by Gasteiger charge is 2.05. The number of benzene rings is 1. The molecule has 0 atom stereocenters. The van der Waals surface area contributed by atoms with Gasteiger partial charge in [-0.3, -0.25) is 4.98 Å². The molecule has 0 saturated heterocycles. The van der Waals surface area contributed by atoms with E-state index >= 15 is 0 Å². The second kappa shape index (κ2) is 2.51. The van der Waals surface area contributed by atoms with Crippen LogP contribution in [0.2, 0.25) is 0 Å². The van der Waals surface area contributed by atoms with E-state index in [4.69, 9.17) is 0 Å². The van der Waals surface area contributed by atoms with Gasteiger partial charge in [-0.1, -0.05) is 0 Å². The fourth-order valence-corrected chi connectivity index (χ4v) is 1.60. The molecule has 0 aliphatic heterocycles. The summed E-state index contributed by atoms with van der Waals surface area (Å²) in [7, 11) is 0. The van der Waals surface area contributed by atoms with Crippen LogP contribution in [0.25, 0.3) is 21.9 Å². The Morgan fingerprint density at radius 2 is 2.14 bits per heavy atom. The number of nitrogens with zero attached hydrogens (tertiary/aromatic N) is 2. The van der Waals surface area contributed by atoms with Gasteiger partial charge >= 0.3 is 0 Å². The van der Waals surface area contributed by atoms with Crippen LogP contribution < -0.4 is 0 Å². The average molecular weight is 187 g/mol. The van der Waals surface area contributed by atoms with E-state index in [1.807, 2.05) is 18.2 Å². The number of pyridine rings is 1. The van der Waals surface area contributed by atoms with E-state index in [2.05, 4.69) is 15.0 Å². The number of rotatable bonds is 0. The zero-order valence-corrected chi connectivity index (χ0v) is 7.16. The van der Waals surface area contributed by atoms with E-state index in [9.17, 15) is 4.39 Å². The standard InChI is InChI=1S/C10H6FN3/c11-10-13-8-4-3-7-6(9(8)14-10)2-1-5-12-7/h1-5H,(H,13,14). The minimum absolute atomic E-state index is 0.559. The van der Waals surface area contributed by atoms with Gasteiger partial charge in [-0.2, -0.15) is 4.39 Å². The normalized spacial score (nSPS) is 11.2. The zero-order chi connectivity index (χ0) is 9.54. The molecule has 3 aromatic rings. The molecule has 0 radical (unpaired) electrons. The molecule has 0 amide bonds. The number of imidazole rings is 1. The number of nitrogens with one attached hydrogen (secondary N) is 1. The molecule has 4 heteroatoms. The van der Waals surface area contributed by atoms with Crippen LogP contribution in [-0.4, -0.2) is 15.0 Å². The third kappa shape index (κ3) is 0.907. The molecule has 1 aromatic carbocycles. The summed E-state index contributed by atoms with van der Waals surface area (Å²) >= 11 is 0. The Kier molecular flexibility index (Phi) is 1.33. The van der Waals surface area contributed by atoms with Crippen LogP contribution >= 0.6 is 0 Å². The molecule has 0 saturated carbocycles. The quantitative estimate of drug-likeness (QED) is 0.586. The fourth-order valence-electron chi connectivity index (χ4n) is 1.60. The molecule has 0 bridgehead atoms. The second-order valence-electron chi connectivity index (χ2n) is 3.06. The molecule has 0 spiro atoms. The zero-order valence-electron chi connectivity index (χ0n) is 7.16. The molecule has 2 aromatic heterocycles. The SMILES string of the molecule is Fc1nc2c(ccc3ncccc32)[nH]1. The van der Waals surface area contributed by atoms with Crippen molar-refractivity contribution in [1.82, 2.24) is 15.0 Å². The maximum Gasteiger partial charge on any atom is 0.287 e. The van der Waals surface area contributed by atoms with Crippen LogP contribution in [0.4, 0.5) is 4.39 Å². The molecule has 68 valence electrons. The number of aromatic amines is 1. The minimum Gasteiger partial charge on any atom is -0.314 e. The van der Waals surface area contributed by atoms with Crippen molar-refractivity contribution in [2.75, 3.05) is 0 Å². The highest BCUT2D eigenvalue weighted by molar-refractivity contribution is 6.02. The second-order valence-corrected chi connectivity index (χ2v) is 3.06. The van der Waals surface area contributed by atoms with Crippen molar-refractivity contribution in [3.8, 4) is 0 Å². The van der Waals surface area contributed by atoms with Gasteiger partial charge in [0.05, 0.1) is 11.0 Å². The predicted octanol–water partition coefficient (Wildman–Crippen LogP) is 2.25. The molecular weight excluding hydrogens is 181 g/mol. The Morgan fingerprint density at radius 1 is 1.21 bits per heavy atom. The summed E-state index contributed by atoms with van der Waals surface area (Å²) in [5.41, 5.74) is 2.16. The summed E-state index contributed by atoms with van der Waals surface area (Å²) in [5.74, 6) is 0. The number of hydrogen-bond acceptors (Lipinski definition) is 2. The van der Waals surface area contributed by atoms with Crippen LogP contribution in [0, 0.1) is 6.08 Å². The third-order valence-electron chi connectivity index (χ3n) is 2.20. The number of hydrogen-bond donors (Lipinski definition) is 1. The lowest BCUT2D eigenvalue weighted by Crippen LogP contribution is -1.78. The van der Waals surface area contributed by atoms with E-state index in [0.29, 0.717) is 11.0 Å². The highest BCUT2D eigenvalue weighted by atomic mass is 19.1. The maximum absolute atomic E-state index is 12.9. The summed E-state index contributed by atoms with van der Waals surface area (Å²) in [5, 5.41) is 0.866. The van der Waals surface area contributed by atoms with E-state index < -0.39 is 6.08 Å². The van der Waals surface area contributed by atoms with Gasteiger partial charge in [0, 0.05) is 11.6 Å². The maximum atomic E-state index is 12.9. The Balaban J connectivity index is 2.60. The van der Waals surface area contributed by atoms with Crippen molar-refractivity contribution in [3.63, 3.8) is 0 Å². The average Bonchev–Trinajstić information content (AvgIpc) is 2.59. The smallest absolute Gasteiger partial charge is 0.287 e. The lowest BCUT2D eigenvalue weighted by Gasteiger charge is -1.95.